The van der Waals surface area contributed by atoms with E-state index in [9.17, 15) is 4.79 Å². The number of likely N-dealkylation sites (N-methyl/N-ethyl adjacent to an activating group) is 1. The van der Waals surface area contributed by atoms with Crippen LogP contribution in [0.4, 0.5) is 5.69 Å². The molecule has 0 aliphatic rings. The molecular formula is C15H20N4O. The van der Waals surface area contributed by atoms with Gasteiger partial charge in [0.05, 0.1) is 18.4 Å². The maximum absolute atomic E-state index is 12.0. The Morgan fingerprint density at radius 3 is 2.80 bits per heavy atom. The van der Waals surface area contributed by atoms with Crippen LogP contribution in [0.25, 0.3) is 0 Å². The SMILES string of the molecule is CNCCNc1cnn(Cc2cccc(C)c2)c(=O)c1. The highest BCUT2D eigenvalue weighted by molar-refractivity contribution is 5.38. The Bertz CT molecular complexity index is 621. The van der Waals surface area contributed by atoms with Gasteiger partial charge >= 0.3 is 0 Å². The van der Waals surface area contributed by atoms with Crippen LogP contribution in [0.5, 0.6) is 0 Å². The maximum atomic E-state index is 12.0. The highest BCUT2D eigenvalue weighted by Crippen LogP contribution is 2.05. The molecule has 2 rings (SSSR count). The number of anilines is 1. The molecule has 0 bridgehead atoms. The average Bonchev–Trinajstić information content (AvgIpc) is 2.42. The summed E-state index contributed by atoms with van der Waals surface area (Å²) < 4.78 is 1.47. The first kappa shape index (κ1) is 14.3. The van der Waals surface area contributed by atoms with Gasteiger partial charge < -0.3 is 10.6 Å². The fourth-order valence-corrected chi connectivity index (χ4v) is 1.96. The number of nitrogens with one attached hydrogen (secondary N) is 2. The summed E-state index contributed by atoms with van der Waals surface area (Å²) in [5, 5.41) is 10.4. The summed E-state index contributed by atoms with van der Waals surface area (Å²) in [6.07, 6.45) is 1.69. The molecule has 106 valence electrons. The molecule has 5 heteroatoms. The molecule has 0 aliphatic carbocycles. The number of aryl methyl sites for hydroxylation is 1. The van der Waals surface area contributed by atoms with Crippen molar-refractivity contribution in [3.8, 4) is 0 Å². The third kappa shape index (κ3) is 3.93. The van der Waals surface area contributed by atoms with Crippen molar-refractivity contribution in [1.82, 2.24) is 15.1 Å². The van der Waals surface area contributed by atoms with Crippen LogP contribution in [0.3, 0.4) is 0 Å². The summed E-state index contributed by atoms with van der Waals surface area (Å²) in [6.45, 7) is 4.14. The molecule has 0 amide bonds. The summed E-state index contributed by atoms with van der Waals surface area (Å²) in [5.41, 5.74) is 2.92. The predicted octanol–water partition coefficient (Wildman–Crippen LogP) is 1.23. The Morgan fingerprint density at radius 2 is 2.10 bits per heavy atom. The molecule has 1 heterocycles. The van der Waals surface area contributed by atoms with Gasteiger partial charge in [0, 0.05) is 19.2 Å². The number of aromatic nitrogens is 2. The molecule has 1 aromatic heterocycles. The lowest BCUT2D eigenvalue weighted by Crippen LogP contribution is -2.24. The van der Waals surface area contributed by atoms with E-state index in [2.05, 4.69) is 21.8 Å². The van der Waals surface area contributed by atoms with Gasteiger partial charge in [-0.25, -0.2) is 4.68 Å². The van der Waals surface area contributed by atoms with E-state index in [-0.39, 0.29) is 5.56 Å². The van der Waals surface area contributed by atoms with Crippen LogP contribution in [0.2, 0.25) is 0 Å². The van der Waals surface area contributed by atoms with Crippen molar-refractivity contribution in [1.29, 1.82) is 0 Å². The Hall–Kier alpha value is -2.14. The molecule has 0 unspecified atom stereocenters. The first-order chi connectivity index (χ1) is 9.69. The van der Waals surface area contributed by atoms with E-state index >= 15 is 0 Å². The van der Waals surface area contributed by atoms with Gasteiger partial charge in [0.15, 0.2) is 0 Å². The second-order valence-electron chi connectivity index (χ2n) is 4.76. The average molecular weight is 272 g/mol. The van der Waals surface area contributed by atoms with E-state index in [4.69, 9.17) is 0 Å². The molecule has 0 atom stereocenters. The molecule has 0 spiro atoms. The summed E-state index contributed by atoms with van der Waals surface area (Å²) >= 11 is 0. The van der Waals surface area contributed by atoms with Gasteiger partial charge in [0.25, 0.3) is 5.56 Å². The van der Waals surface area contributed by atoms with Crippen molar-refractivity contribution < 1.29 is 0 Å². The van der Waals surface area contributed by atoms with Crippen molar-refractivity contribution in [2.75, 3.05) is 25.5 Å². The molecule has 5 nitrogen and oxygen atoms in total. The maximum Gasteiger partial charge on any atom is 0.269 e. The fraction of sp³-hybridized carbons (Fsp3) is 0.333. The number of hydrogen-bond donors (Lipinski definition) is 2. The lowest BCUT2D eigenvalue weighted by atomic mass is 10.1. The lowest BCUT2D eigenvalue weighted by molar-refractivity contribution is 0.639. The molecule has 0 aliphatic heterocycles. The van der Waals surface area contributed by atoms with Gasteiger partial charge in [-0.05, 0) is 19.5 Å². The zero-order valence-corrected chi connectivity index (χ0v) is 11.9. The van der Waals surface area contributed by atoms with Crippen molar-refractivity contribution in [2.24, 2.45) is 0 Å². The van der Waals surface area contributed by atoms with E-state index in [0.29, 0.717) is 6.54 Å². The zero-order valence-electron chi connectivity index (χ0n) is 11.9. The van der Waals surface area contributed by atoms with Gasteiger partial charge in [-0.3, -0.25) is 4.79 Å². The number of nitrogens with zero attached hydrogens (tertiary/aromatic N) is 2. The van der Waals surface area contributed by atoms with E-state index in [1.54, 1.807) is 12.3 Å². The van der Waals surface area contributed by atoms with Crippen LogP contribution in [-0.4, -0.2) is 29.9 Å². The summed E-state index contributed by atoms with van der Waals surface area (Å²) in [7, 11) is 1.89. The largest absolute Gasteiger partial charge is 0.382 e. The van der Waals surface area contributed by atoms with E-state index in [0.717, 1.165) is 24.3 Å². The first-order valence-electron chi connectivity index (χ1n) is 6.70. The van der Waals surface area contributed by atoms with E-state index < -0.39 is 0 Å². The molecular weight excluding hydrogens is 252 g/mol. The van der Waals surface area contributed by atoms with Gasteiger partial charge in [0.1, 0.15) is 0 Å². The quantitative estimate of drug-likeness (QED) is 0.777. The third-order valence-electron chi connectivity index (χ3n) is 2.99. The highest BCUT2D eigenvalue weighted by Gasteiger charge is 2.01. The molecule has 0 saturated heterocycles. The minimum Gasteiger partial charge on any atom is -0.382 e. The monoisotopic (exact) mass is 272 g/mol. The van der Waals surface area contributed by atoms with Crippen LogP contribution in [-0.2, 0) is 6.54 Å². The van der Waals surface area contributed by atoms with Crippen molar-refractivity contribution in [3.05, 3.63) is 58.0 Å². The minimum absolute atomic E-state index is 0.0963. The highest BCUT2D eigenvalue weighted by atomic mass is 16.1. The summed E-state index contributed by atoms with van der Waals surface area (Å²) in [5.74, 6) is 0. The van der Waals surface area contributed by atoms with Gasteiger partial charge in [-0.1, -0.05) is 29.8 Å². The predicted molar refractivity (Wildman–Crippen MR) is 81.2 cm³/mol. The Morgan fingerprint density at radius 1 is 1.25 bits per heavy atom. The first-order valence-corrected chi connectivity index (χ1v) is 6.70. The Kier molecular flexibility index (Phi) is 4.90. The molecule has 1 aromatic carbocycles. The van der Waals surface area contributed by atoms with Crippen molar-refractivity contribution >= 4 is 5.69 Å². The second-order valence-corrected chi connectivity index (χ2v) is 4.76. The Labute approximate surface area is 118 Å². The van der Waals surface area contributed by atoms with Gasteiger partial charge in [-0.2, -0.15) is 5.10 Å². The lowest BCUT2D eigenvalue weighted by Gasteiger charge is -2.08. The molecule has 20 heavy (non-hydrogen) atoms. The minimum atomic E-state index is -0.0963. The molecule has 2 N–H and O–H groups in total. The van der Waals surface area contributed by atoms with E-state index in [1.807, 2.05) is 32.2 Å². The van der Waals surface area contributed by atoms with Crippen LogP contribution in [0.1, 0.15) is 11.1 Å². The second kappa shape index (κ2) is 6.86. The molecule has 2 aromatic rings. The Balaban J connectivity index is 2.08. The topological polar surface area (TPSA) is 59.0 Å². The van der Waals surface area contributed by atoms with Crippen LogP contribution in [0.15, 0.2) is 41.3 Å². The summed E-state index contributed by atoms with van der Waals surface area (Å²) in [4.78, 5) is 12.0. The number of hydrogen-bond acceptors (Lipinski definition) is 4. The third-order valence-corrected chi connectivity index (χ3v) is 2.99. The van der Waals surface area contributed by atoms with Gasteiger partial charge in [-0.15, -0.1) is 0 Å². The molecule has 0 radical (unpaired) electrons. The van der Waals surface area contributed by atoms with Gasteiger partial charge in [0.2, 0.25) is 0 Å². The van der Waals surface area contributed by atoms with Crippen LogP contribution in [0, 0.1) is 6.92 Å². The van der Waals surface area contributed by atoms with E-state index in [1.165, 1.54) is 10.2 Å². The van der Waals surface area contributed by atoms with Crippen LogP contribution >= 0.6 is 0 Å². The summed E-state index contributed by atoms with van der Waals surface area (Å²) in [6, 6.07) is 9.67. The zero-order chi connectivity index (χ0) is 14.4. The normalized spacial score (nSPS) is 10.5. The number of rotatable bonds is 6. The standard InChI is InChI=1S/C15H20N4O/c1-12-4-3-5-13(8-12)11-19-15(20)9-14(10-18-19)17-7-6-16-2/h3-5,8-10,16-17H,6-7,11H2,1-2H3. The van der Waals surface area contributed by atoms with Crippen molar-refractivity contribution in [3.63, 3.8) is 0 Å². The number of benzene rings is 1. The molecule has 0 fully saturated rings. The van der Waals surface area contributed by atoms with Crippen molar-refractivity contribution in [2.45, 2.75) is 13.5 Å². The smallest absolute Gasteiger partial charge is 0.269 e. The fourth-order valence-electron chi connectivity index (χ4n) is 1.96. The van der Waals surface area contributed by atoms with Crippen LogP contribution < -0.4 is 16.2 Å². The molecule has 0 saturated carbocycles.